The van der Waals surface area contributed by atoms with E-state index in [4.69, 9.17) is 5.11 Å². The average Bonchev–Trinajstić information content (AvgIpc) is 2.35. The summed E-state index contributed by atoms with van der Waals surface area (Å²) < 4.78 is 0. The van der Waals surface area contributed by atoms with Crippen molar-refractivity contribution in [1.82, 2.24) is 0 Å². The number of hydrogen-bond acceptors (Lipinski definition) is 6. The van der Waals surface area contributed by atoms with E-state index in [1.54, 1.807) is 0 Å². The molecule has 1 rings (SSSR count). The van der Waals surface area contributed by atoms with E-state index in [0.717, 1.165) is 0 Å². The first-order valence-electron chi connectivity index (χ1n) is 3.41. The largest absolute Gasteiger partial charge is 0.481 e. The van der Waals surface area contributed by atoms with Crippen molar-refractivity contribution in [2.45, 2.75) is 24.3 Å². The summed E-state index contributed by atoms with van der Waals surface area (Å²) in [6, 6.07) is 0. The maximum absolute atomic E-state index is 10.1. The molecule has 1 heterocycles. The van der Waals surface area contributed by atoms with Crippen LogP contribution in [0.3, 0.4) is 0 Å². The molecule has 0 spiro atoms. The highest BCUT2D eigenvalue weighted by molar-refractivity contribution is 7.81. The van der Waals surface area contributed by atoms with E-state index in [-0.39, 0.29) is 6.42 Å². The third-order valence-electron chi connectivity index (χ3n) is 1.35. The Labute approximate surface area is 74.2 Å². The molecule has 7 heteroatoms. The highest BCUT2D eigenvalue weighted by Gasteiger charge is 2.27. The lowest BCUT2D eigenvalue weighted by atomic mass is 10.2. The van der Waals surface area contributed by atoms with E-state index in [9.17, 15) is 4.79 Å². The lowest BCUT2D eigenvalue weighted by Gasteiger charge is -2.10. The minimum absolute atomic E-state index is 0.0906. The molecule has 66 valence electrons. The predicted octanol–water partition coefficient (Wildman–Crippen LogP) is 1.66. The zero-order valence-electron chi connectivity index (χ0n) is 6.21. The minimum atomic E-state index is -0.921. The van der Waals surface area contributed by atoms with Gasteiger partial charge in [0.05, 0.1) is 0 Å². The number of thiol groups is 1. The lowest BCUT2D eigenvalue weighted by molar-refractivity contribution is -0.137. The van der Waals surface area contributed by atoms with Crippen LogP contribution >= 0.6 is 12.6 Å². The fourth-order valence-electron chi connectivity index (χ4n) is 0.780. The Balaban J connectivity index is 2.27. The van der Waals surface area contributed by atoms with Gasteiger partial charge in [-0.05, 0) is 16.9 Å². The van der Waals surface area contributed by atoms with Gasteiger partial charge in [0.1, 0.15) is 0 Å². The Morgan fingerprint density at radius 3 is 2.50 bits per heavy atom. The topological polar surface area (TPSA) is 86.7 Å². The molecule has 0 atom stereocenters. The van der Waals surface area contributed by atoms with Crippen molar-refractivity contribution in [3.05, 3.63) is 0 Å². The van der Waals surface area contributed by atoms with Crippen LogP contribution in [0.2, 0.25) is 0 Å². The molecule has 0 aliphatic carbocycles. The van der Waals surface area contributed by atoms with Gasteiger partial charge in [-0.2, -0.15) is 0 Å². The van der Waals surface area contributed by atoms with Gasteiger partial charge in [-0.1, -0.05) is 0 Å². The zero-order chi connectivity index (χ0) is 9.03. The second-order valence-electron chi connectivity index (χ2n) is 2.40. The summed E-state index contributed by atoms with van der Waals surface area (Å²) in [5.41, 5.74) is 0. The average molecular weight is 188 g/mol. The molecule has 0 bridgehead atoms. The van der Waals surface area contributed by atoms with E-state index in [2.05, 4.69) is 33.3 Å². The summed E-state index contributed by atoms with van der Waals surface area (Å²) in [5, 5.41) is 22.2. The molecule has 0 saturated heterocycles. The highest BCUT2D eigenvalue weighted by Crippen LogP contribution is 2.29. The van der Waals surface area contributed by atoms with Gasteiger partial charge >= 0.3 is 5.97 Å². The molecule has 12 heavy (non-hydrogen) atoms. The molecule has 0 aromatic rings. The molecular formula is C5H8N4O2S. The molecule has 6 nitrogen and oxygen atoms in total. The van der Waals surface area contributed by atoms with Crippen LogP contribution in [0.5, 0.6) is 0 Å². The molecule has 1 aliphatic heterocycles. The summed E-state index contributed by atoms with van der Waals surface area (Å²) >= 11 is 4.07. The van der Waals surface area contributed by atoms with Gasteiger partial charge in [0.15, 0.2) is 0 Å². The van der Waals surface area contributed by atoms with Gasteiger partial charge in [-0.3, -0.25) is 4.79 Å². The summed E-state index contributed by atoms with van der Waals surface area (Å²) in [7, 11) is 0. The normalized spacial score (nSPS) is 18.4. The van der Waals surface area contributed by atoms with E-state index in [1.165, 1.54) is 0 Å². The number of rotatable bonds is 4. The van der Waals surface area contributed by atoms with Gasteiger partial charge in [0.2, 0.25) is 4.99 Å². The fourth-order valence-corrected chi connectivity index (χ4v) is 1.02. The minimum Gasteiger partial charge on any atom is -0.481 e. The van der Waals surface area contributed by atoms with Crippen LogP contribution in [-0.4, -0.2) is 16.1 Å². The van der Waals surface area contributed by atoms with Gasteiger partial charge in [0.25, 0.3) is 0 Å². The van der Waals surface area contributed by atoms with Crippen LogP contribution in [0.25, 0.3) is 0 Å². The zero-order valence-corrected chi connectivity index (χ0v) is 7.11. The number of hydrogen-bond donors (Lipinski definition) is 2. The predicted molar refractivity (Wildman–Crippen MR) is 42.9 cm³/mol. The Kier molecular flexibility index (Phi) is 2.74. The number of carboxylic acids is 1. The first-order valence-corrected chi connectivity index (χ1v) is 3.85. The van der Waals surface area contributed by atoms with Gasteiger partial charge in [0, 0.05) is 12.8 Å². The fraction of sp³-hybridized carbons (Fsp3) is 0.800. The van der Waals surface area contributed by atoms with E-state index in [1.807, 2.05) is 0 Å². The van der Waals surface area contributed by atoms with Crippen molar-refractivity contribution in [1.29, 1.82) is 0 Å². The summed E-state index contributed by atoms with van der Waals surface area (Å²) in [6.07, 6.45) is 1.000. The summed E-state index contributed by atoms with van der Waals surface area (Å²) in [4.78, 5) is 9.22. The van der Waals surface area contributed by atoms with Gasteiger partial charge < -0.3 is 5.11 Å². The van der Waals surface area contributed by atoms with Crippen molar-refractivity contribution < 1.29 is 9.90 Å². The monoisotopic (exact) mass is 188 g/mol. The van der Waals surface area contributed by atoms with Crippen LogP contribution in [0.4, 0.5) is 0 Å². The SMILES string of the molecule is O=C(O)CCCC1(S)N=NN=N1. The van der Waals surface area contributed by atoms with Crippen LogP contribution in [0.15, 0.2) is 20.7 Å². The lowest BCUT2D eigenvalue weighted by Crippen LogP contribution is -2.12. The molecule has 1 aliphatic rings. The second-order valence-corrected chi connectivity index (χ2v) is 3.12. The molecule has 0 fully saturated rings. The number of carboxylic acid groups (broad SMARTS) is 1. The van der Waals surface area contributed by atoms with E-state index in [0.29, 0.717) is 12.8 Å². The summed E-state index contributed by atoms with van der Waals surface area (Å²) in [6.45, 7) is 0. The van der Waals surface area contributed by atoms with Crippen molar-refractivity contribution in [3.63, 3.8) is 0 Å². The molecule has 0 aromatic heterocycles. The Morgan fingerprint density at radius 1 is 1.42 bits per heavy atom. The third kappa shape index (κ3) is 2.57. The molecule has 0 amide bonds. The molecule has 0 saturated carbocycles. The van der Waals surface area contributed by atoms with Crippen LogP contribution in [0.1, 0.15) is 19.3 Å². The quantitative estimate of drug-likeness (QED) is 0.657. The third-order valence-corrected chi connectivity index (χ3v) is 1.76. The number of carbonyl (C=O) groups is 1. The maximum atomic E-state index is 10.1. The second kappa shape index (κ2) is 3.61. The van der Waals surface area contributed by atoms with Crippen molar-refractivity contribution in [2.75, 3.05) is 0 Å². The summed E-state index contributed by atoms with van der Waals surface area (Å²) in [5.74, 6) is -0.834. The van der Waals surface area contributed by atoms with Gasteiger partial charge in [-0.15, -0.1) is 22.9 Å². The standard InChI is InChI=1S/C5H8N4O2S/c10-4(11)2-1-3-5(12)6-8-9-7-5/h12H,1-3H2,(H,10,11). The molecular weight excluding hydrogens is 180 g/mol. The van der Waals surface area contributed by atoms with Crippen molar-refractivity contribution in [3.8, 4) is 0 Å². The smallest absolute Gasteiger partial charge is 0.303 e. The molecule has 0 aromatic carbocycles. The Hall–Kier alpha value is -0.980. The van der Waals surface area contributed by atoms with Crippen molar-refractivity contribution >= 4 is 18.6 Å². The van der Waals surface area contributed by atoms with E-state index >= 15 is 0 Å². The maximum Gasteiger partial charge on any atom is 0.303 e. The van der Waals surface area contributed by atoms with E-state index < -0.39 is 11.0 Å². The first kappa shape index (κ1) is 9.11. The Morgan fingerprint density at radius 2 is 2.00 bits per heavy atom. The van der Waals surface area contributed by atoms with Crippen LogP contribution in [-0.2, 0) is 4.79 Å². The highest BCUT2D eigenvalue weighted by atomic mass is 32.1. The number of nitrogens with zero attached hydrogens (tertiary/aromatic N) is 4. The van der Waals surface area contributed by atoms with Gasteiger partial charge in [-0.25, -0.2) is 0 Å². The molecule has 0 radical (unpaired) electrons. The molecule has 0 unspecified atom stereocenters. The number of aliphatic carboxylic acids is 1. The Bertz CT molecular complexity index is 228. The van der Waals surface area contributed by atoms with Crippen LogP contribution in [0, 0.1) is 0 Å². The van der Waals surface area contributed by atoms with Crippen LogP contribution < -0.4 is 0 Å². The first-order chi connectivity index (χ1) is 5.62. The molecule has 1 N–H and O–H groups in total. The van der Waals surface area contributed by atoms with Crippen molar-refractivity contribution in [2.24, 2.45) is 20.7 Å².